The first-order valence-corrected chi connectivity index (χ1v) is 9.45. The molecule has 0 bridgehead atoms. The normalized spacial score (nSPS) is 11.5. The van der Waals surface area contributed by atoms with Crippen molar-refractivity contribution >= 4 is 44.9 Å². The largest absolute Gasteiger partial charge is 0.304 e. The molecule has 0 aliphatic heterocycles. The van der Waals surface area contributed by atoms with E-state index < -0.39 is 4.92 Å². The van der Waals surface area contributed by atoms with Crippen molar-refractivity contribution in [1.82, 2.24) is 4.57 Å². The molecule has 0 saturated heterocycles. The van der Waals surface area contributed by atoms with Crippen molar-refractivity contribution in [1.29, 1.82) is 0 Å². The fraction of sp³-hybridized carbons (Fsp3) is 0.111. The molecule has 1 heterocycles. The lowest BCUT2D eigenvalue weighted by Gasteiger charge is -2.00. The van der Waals surface area contributed by atoms with Crippen LogP contribution in [0.15, 0.2) is 52.4 Å². The second-order valence-electron chi connectivity index (χ2n) is 5.33. The molecule has 0 radical (unpaired) electrons. The molecule has 3 rings (SSSR count). The lowest BCUT2D eigenvalue weighted by atomic mass is 10.3. The number of hydrogen-bond acceptors (Lipinski definition) is 5. The van der Waals surface area contributed by atoms with Gasteiger partial charge in [0.15, 0.2) is 4.80 Å². The third-order valence-corrected chi connectivity index (χ3v) is 5.58. The minimum atomic E-state index is -0.487. The molecule has 0 aliphatic carbocycles. The number of terminal acetylenes is 1. The Labute approximate surface area is 161 Å². The number of carbonyl (C=O) groups excluding carboxylic acids is 1. The van der Waals surface area contributed by atoms with Gasteiger partial charge in [0.25, 0.3) is 11.6 Å². The van der Waals surface area contributed by atoms with E-state index in [1.54, 1.807) is 22.8 Å². The van der Waals surface area contributed by atoms with Crippen LogP contribution in [0.4, 0.5) is 10.1 Å². The Balaban J connectivity index is 1.90. The monoisotopic (exact) mass is 401 g/mol. The van der Waals surface area contributed by atoms with Gasteiger partial charge in [0, 0.05) is 17.0 Å². The highest BCUT2D eigenvalue weighted by atomic mass is 32.2. The highest BCUT2D eigenvalue weighted by Gasteiger charge is 2.12. The van der Waals surface area contributed by atoms with Crippen LogP contribution in [0, 0.1) is 28.3 Å². The molecule has 0 fully saturated rings. The van der Waals surface area contributed by atoms with Crippen LogP contribution in [-0.4, -0.2) is 21.2 Å². The van der Waals surface area contributed by atoms with E-state index in [1.165, 1.54) is 47.4 Å². The van der Waals surface area contributed by atoms with Gasteiger partial charge in [-0.1, -0.05) is 17.3 Å². The number of halogens is 1. The van der Waals surface area contributed by atoms with Gasteiger partial charge < -0.3 is 4.57 Å². The predicted molar refractivity (Wildman–Crippen MR) is 103 cm³/mol. The highest BCUT2D eigenvalue weighted by molar-refractivity contribution is 8.00. The lowest BCUT2D eigenvalue weighted by Crippen LogP contribution is -2.17. The number of carbonyl (C=O) groups is 1. The second-order valence-corrected chi connectivity index (χ2v) is 7.39. The van der Waals surface area contributed by atoms with Gasteiger partial charge in [0.2, 0.25) is 0 Å². The lowest BCUT2D eigenvalue weighted by molar-refractivity contribution is -0.384. The van der Waals surface area contributed by atoms with Gasteiger partial charge in [-0.2, -0.15) is 4.99 Å². The van der Waals surface area contributed by atoms with Crippen molar-refractivity contribution in [3.8, 4) is 12.3 Å². The summed E-state index contributed by atoms with van der Waals surface area (Å²) < 4.78 is 15.3. The maximum absolute atomic E-state index is 12.9. The Bertz CT molecular complexity index is 1130. The molecule has 0 aliphatic rings. The van der Waals surface area contributed by atoms with Crippen molar-refractivity contribution < 1.29 is 14.1 Å². The number of benzene rings is 2. The van der Waals surface area contributed by atoms with Crippen LogP contribution >= 0.6 is 23.1 Å². The molecule has 3 aromatic rings. The van der Waals surface area contributed by atoms with Crippen molar-refractivity contribution in [2.45, 2.75) is 11.4 Å². The molecule has 2 aromatic carbocycles. The van der Waals surface area contributed by atoms with Crippen LogP contribution in [0.1, 0.15) is 0 Å². The summed E-state index contributed by atoms with van der Waals surface area (Å²) in [5.41, 5.74) is 0.501. The third-order valence-electron chi connectivity index (χ3n) is 3.52. The molecule has 6 nitrogen and oxygen atoms in total. The first-order valence-electron chi connectivity index (χ1n) is 7.65. The van der Waals surface area contributed by atoms with E-state index in [9.17, 15) is 19.3 Å². The van der Waals surface area contributed by atoms with Gasteiger partial charge in [0.1, 0.15) is 5.82 Å². The molecule has 136 valence electrons. The maximum atomic E-state index is 12.9. The van der Waals surface area contributed by atoms with Crippen molar-refractivity contribution in [3.05, 3.63) is 63.2 Å². The van der Waals surface area contributed by atoms with E-state index in [2.05, 4.69) is 10.9 Å². The average Bonchev–Trinajstić information content (AvgIpc) is 2.98. The Morgan fingerprint density at radius 3 is 2.74 bits per heavy atom. The van der Waals surface area contributed by atoms with Gasteiger partial charge in [-0.15, -0.1) is 18.2 Å². The van der Waals surface area contributed by atoms with Crippen molar-refractivity contribution in [2.24, 2.45) is 4.99 Å². The summed E-state index contributed by atoms with van der Waals surface area (Å²) in [4.78, 5) is 28.0. The molecule has 0 N–H and O–H groups in total. The van der Waals surface area contributed by atoms with E-state index in [0.717, 1.165) is 9.60 Å². The zero-order chi connectivity index (χ0) is 19.4. The van der Waals surface area contributed by atoms with Crippen LogP contribution in [0.5, 0.6) is 0 Å². The molecule has 0 atom stereocenters. The van der Waals surface area contributed by atoms with Crippen LogP contribution in [0.3, 0.4) is 0 Å². The standard InChI is InChI=1S/C18H12FN3O3S2/c1-2-9-21-15-10-13(22(24)25)5-8-16(15)27-18(21)20-17(23)11-26-14-6-3-12(19)4-7-14/h1,3-8,10H,9,11H2. The number of nitro groups is 1. The van der Waals surface area contributed by atoms with Gasteiger partial charge in [-0.3, -0.25) is 14.9 Å². The first-order chi connectivity index (χ1) is 13.0. The van der Waals surface area contributed by atoms with E-state index in [4.69, 9.17) is 6.42 Å². The maximum Gasteiger partial charge on any atom is 0.271 e. The first kappa shape index (κ1) is 18.8. The summed E-state index contributed by atoms with van der Waals surface area (Å²) in [5.74, 6) is 1.83. The van der Waals surface area contributed by atoms with Crippen LogP contribution in [-0.2, 0) is 11.3 Å². The molecule has 1 amide bonds. The Hall–Kier alpha value is -2.96. The molecule has 1 aromatic heterocycles. The van der Waals surface area contributed by atoms with Crippen LogP contribution in [0.25, 0.3) is 10.2 Å². The SMILES string of the molecule is C#CCn1c(=NC(=O)CSc2ccc(F)cc2)sc2ccc([N+](=O)[O-])cc21. The topological polar surface area (TPSA) is 77.5 Å². The van der Waals surface area contributed by atoms with E-state index in [1.807, 2.05) is 0 Å². The number of rotatable bonds is 5. The van der Waals surface area contributed by atoms with E-state index >= 15 is 0 Å². The molecule has 27 heavy (non-hydrogen) atoms. The van der Waals surface area contributed by atoms with Crippen molar-refractivity contribution in [3.63, 3.8) is 0 Å². The zero-order valence-corrected chi connectivity index (χ0v) is 15.4. The van der Waals surface area contributed by atoms with Crippen LogP contribution < -0.4 is 4.80 Å². The summed E-state index contributed by atoms with van der Waals surface area (Å²) in [6.07, 6.45) is 5.39. The smallest absolute Gasteiger partial charge is 0.271 e. The number of hydrogen-bond donors (Lipinski definition) is 0. The minimum Gasteiger partial charge on any atom is -0.304 e. The fourth-order valence-corrected chi connectivity index (χ4v) is 4.03. The number of thiazole rings is 1. The molecular weight excluding hydrogens is 389 g/mol. The Kier molecular flexibility index (Phi) is 5.69. The predicted octanol–water partition coefficient (Wildman–Crippen LogP) is 3.60. The quantitative estimate of drug-likeness (QED) is 0.283. The van der Waals surface area contributed by atoms with Crippen LogP contribution in [0.2, 0.25) is 0 Å². The number of amides is 1. The molecule has 0 spiro atoms. The molecular formula is C18H12FN3O3S2. The third kappa shape index (κ3) is 4.42. The van der Waals surface area contributed by atoms with Gasteiger partial charge in [-0.05, 0) is 30.3 Å². The molecule has 0 unspecified atom stereocenters. The Morgan fingerprint density at radius 1 is 1.33 bits per heavy atom. The summed E-state index contributed by atoms with van der Waals surface area (Å²) in [5, 5.41) is 11.0. The fourth-order valence-electron chi connectivity index (χ4n) is 2.32. The second kappa shape index (κ2) is 8.16. The minimum absolute atomic E-state index is 0.0594. The number of aromatic nitrogens is 1. The number of non-ortho nitro benzene ring substituents is 1. The summed E-state index contributed by atoms with van der Waals surface area (Å²) in [7, 11) is 0. The van der Waals surface area contributed by atoms with Gasteiger partial charge in [-0.25, -0.2) is 4.39 Å². The number of fused-ring (bicyclic) bond motifs is 1. The van der Waals surface area contributed by atoms with E-state index in [0.29, 0.717) is 10.3 Å². The summed E-state index contributed by atoms with van der Waals surface area (Å²) in [6, 6.07) is 10.2. The van der Waals surface area contributed by atoms with Gasteiger partial charge >= 0.3 is 0 Å². The van der Waals surface area contributed by atoms with Gasteiger partial charge in [0.05, 0.1) is 27.4 Å². The average molecular weight is 401 g/mol. The van der Waals surface area contributed by atoms with E-state index in [-0.39, 0.29) is 29.7 Å². The number of thioether (sulfide) groups is 1. The number of nitro benzene ring substituents is 1. The molecule has 0 saturated carbocycles. The molecule has 9 heteroatoms. The van der Waals surface area contributed by atoms with Crippen molar-refractivity contribution in [2.75, 3.05) is 5.75 Å². The zero-order valence-electron chi connectivity index (χ0n) is 13.8. The summed E-state index contributed by atoms with van der Waals surface area (Å²) in [6.45, 7) is 0.137. The highest BCUT2D eigenvalue weighted by Crippen LogP contribution is 2.23. The Morgan fingerprint density at radius 2 is 2.07 bits per heavy atom. The number of nitrogens with zero attached hydrogens (tertiary/aromatic N) is 3. The summed E-state index contributed by atoms with van der Waals surface area (Å²) >= 11 is 2.48.